The molecule has 1 aromatic carbocycles. The average Bonchev–Trinajstić information content (AvgIpc) is 3.51. The first-order chi connectivity index (χ1) is 20.1. The molecule has 3 aliphatic rings. The second-order valence-corrected chi connectivity index (χ2v) is 11.2. The zero-order chi connectivity index (χ0) is 29.8. The van der Waals surface area contributed by atoms with E-state index in [2.05, 4.69) is 37.1 Å². The lowest BCUT2D eigenvalue weighted by atomic mass is 9.71. The number of benzene rings is 1. The molecular weight excluding hydrogens is 546 g/mol. The van der Waals surface area contributed by atoms with Gasteiger partial charge in [0.25, 0.3) is 0 Å². The van der Waals surface area contributed by atoms with Gasteiger partial charge in [-0.25, -0.2) is 18.4 Å². The van der Waals surface area contributed by atoms with Crippen LogP contribution in [0.2, 0.25) is 0 Å². The minimum Gasteiger partial charge on any atom is -0.493 e. The second-order valence-electron chi connectivity index (χ2n) is 11.2. The molecule has 2 unspecified atom stereocenters. The number of aryl methyl sites for hydroxylation is 1. The summed E-state index contributed by atoms with van der Waals surface area (Å²) < 4.78 is 40.7. The Labute approximate surface area is 240 Å². The van der Waals surface area contributed by atoms with Crippen molar-refractivity contribution in [3.63, 3.8) is 0 Å². The van der Waals surface area contributed by atoms with Gasteiger partial charge in [-0.05, 0) is 56.5 Å². The van der Waals surface area contributed by atoms with Crippen LogP contribution in [0.4, 0.5) is 14.6 Å². The molecule has 2 atom stereocenters. The zero-order valence-electron chi connectivity index (χ0n) is 23.4. The Morgan fingerprint density at radius 3 is 2.55 bits per heavy atom. The van der Waals surface area contributed by atoms with Crippen LogP contribution in [0.1, 0.15) is 72.8 Å². The molecule has 2 aromatic heterocycles. The summed E-state index contributed by atoms with van der Waals surface area (Å²) in [6.07, 6.45) is 3.26. The fourth-order valence-corrected chi connectivity index (χ4v) is 6.10. The van der Waals surface area contributed by atoms with E-state index in [1.165, 1.54) is 0 Å². The monoisotopic (exact) mass is 575 g/mol. The number of hydrogen-bond acceptors (Lipinski definition) is 8. The van der Waals surface area contributed by atoms with Gasteiger partial charge in [0.15, 0.2) is 29.8 Å². The Morgan fingerprint density at radius 1 is 1.17 bits per heavy atom. The quantitative estimate of drug-likeness (QED) is 0.294. The van der Waals surface area contributed by atoms with Crippen molar-refractivity contribution >= 4 is 35.5 Å². The van der Waals surface area contributed by atoms with Gasteiger partial charge >= 0.3 is 0 Å². The van der Waals surface area contributed by atoms with Crippen LogP contribution in [0.25, 0.3) is 5.57 Å². The summed E-state index contributed by atoms with van der Waals surface area (Å²) >= 11 is 0. The number of Topliss-reactive ketones (excluding diaryl/α,β-unsaturated/α-hetero) is 1. The Kier molecular flexibility index (Phi) is 6.78. The molecule has 0 radical (unpaired) electrons. The normalized spacial score (nSPS) is 19.3. The van der Waals surface area contributed by atoms with Crippen LogP contribution < -0.4 is 10.1 Å². The molecule has 42 heavy (non-hydrogen) atoms. The predicted octanol–water partition coefficient (Wildman–Crippen LogP) is 5.06. The van der Waals surface area contributed by atoms with Crippen LogP contribution >= 0.6 is 0 Å². The molecule has 10 nitrogen and oxygen atoms in total. The lowest BCUT2D eigenvalue weighted by Crippen LogP contribution is -2.38. The predicted molar refractivity (Wildman–Crippen MR) is 148 cm³/mol. The van der Waals surface area contributed by atoms with Gasteiger partial charge in [-0.2, -0.15) is 0 Å². The van der Waals surface area contributed by atoms with Crippen LogP contribution in [0.3, 0.4) is 0 Å². The van der Waals surface area contributed by atoms with Crippen molar-refractivity contribution in [3.05, 3.63) is 70.3 Å². The topological polar surface area (TPSA) is 123 Å². The third-order valence-corrected chi connectivity index (χ3v) is 8.48. The molecule has 1 N–H and O–H groups in total. The fourth-order valence-electron chi connectivity index (χ4n) is 6.10. The van der Waals surface area contributed by atoms with E-state index in [0.29, 0.717) is 17.1 Å². The molecule has 1 spiro atoms. The van der Waals surface area contributed by atoms with E-state index in [1.54, 1.807) is 23.9 Å². The fraction of sp³-hybridized carbons (Fsp3) is 0.367. The number of ether oxygens (including phenoxy) is 1. The zero-order valence-corrected chi connectivity index (χ0v) is 23.4. The molecule has 2 aliphatic heterocycles. The molecule has 1 amide bonds. The van der Waals surface area contributed by atoms with E-state index in [1.807, 2.05) is 19.9 Å². The summed E-state index contributed by atoms with van der Waals surface area (Å²) in [6.45, 7) is 9.56. The van der Waals surface area contributed by atoms with Crippen LogP contribution in [-0.2, 0) is 4.79 Å². The summed E-state index contributed by atoms with van der Waals surface area (Å²) in [5, 5.41) is 14.6. The van der Waals surface area contributed by atoms with Crippen molar-refractivity contribution < 1.29 is 32.4 Å². The smallest absolute Gasteiger partial charge is 0.229 e. The Balaban J connectivity index is 1.31. The van der Waals surface area contributed by atoms with E-state index >= 15 is 0 Å². The molecule has 1 fully saturated rings. The van der Waals surface area contributed by atoms with Crippen LogP contribution in [0.5, 0.6) is 5.75 Å². The van der Waals surface area contributed by atoms with Gasteiger partial charge in [0.1, 0.15) is 23.0 Å². The van der Waals surface area contributed by atoms with Crippen molar-refractivity contribution in [2.24, 2.45) is 16.4 Å². The number of carbonyl (C=O) groups excluding carboxylic acids is 2. The van der Waals surface area contributed by atoms with Gasteiger partial charge in [0, 0.05) is 59.1 Å². The minimum absolute atomic E-state index is 0.0282. The Hall–Kier alpha value is -4.61. The summed E-state index contributed by atoms with van der Waals surface area (Å²) in [5.41, 5.74) is 3.87. The highest BCUT2D eigenvalue weighted by Gasteiger charge is 2.57. The van der Waals surface area contributed by atoms with E-state index in [-0.39, 0.29) is 42.6 Å². The van der Waals surface area contributed by atoms with Crippen molar-refractivity contribution in [1.82, 2.24) is 15.3 Å². The largest absolute Gasteiger partial charge is 0.493 e. The number of halogens is 2. The van der Waals surface area contributed by atoms with Gasteiger partial charge in [-0.15, -0.1) is 0 Å². The standard InChI is InChI=1S/C30H28F2N6O4/c1-15-26(17(3)38(4)35-15)18-5-8-25(33-13-18)34-29(40)19(6-7-23(39)28-16(2)36-42-37-28)27-20-11-21(31)22(32)12-24(20)41-14-30(27)9-10-30/h5,8,11-13,19,27H,4,6-7,9-10,14H2,1-3H3/p+1. The molecule has 12 heteroatoms. The first-order valence-electron chi connectivity index (χ1n) is 13.7. The Morgan fingerprint density at radius 2 is 1.93 bits per heavy atom. The van der Waals surface area contributed by atoms with E-state index in [4.69, 9.17) is 4.74 Å². The van der Waals surface area contributed by atoms with Gasteiger partial charge in [-0.1, -0.05) is 9.84 Å². The minimum atomic E-state index is -1.02. The molecule has 216 valence electrons. The lowest BCUT2D eigenvalue weighted by Gasteiger charge is -2.38. The number of nitrogens with one attached hydrogen (secondary N) is 1. The number of nitrogens with zero attached hydrogens (tertiary/aromatic N) is 5. The van der Waals surface area contributed by atoms with Crippen molar-refractivity contribution in [1.29, 1.82) is 0 Å². The van der Waals surface area contributed by atoms with Gasteiger partial charge in [0.05, 0.1) is 12.2 Å². The maximum absolute atomic E-state index is 14.5. The molecule has 3 aromatic rings. The van der Waals surface area contributed by atoms with E-state index in [9.17, 15) is 18.4 Å². The number of pyridine rings is 1. The summed E-state index contributed by atoms with van der Waals surface area (Å²) in [6, 6.07) is 5.67. The number of carbonyl (C=O) groups is 2. The highest BCUT2D eigenvalue weighted by molar-refractivity contribution is 6.23. The number of rotatable bonds is 8. The van der Waals surface area contributed by atoms with Gasteiger partial charge in [0.2, 0.25) is 11.6 Å². The third kappa shape index (κ3) is 4.80. The lowest BCUT2D eigenvalue weighted by molar-refractivity contribution is -0.467. The van der Waals surface area contributed by atoms with E-state index < -0.39 is 28.9 Å². The van der Waals surface area contributed by atoms with E-state index in [0.717, 1.165) is 47.5 Å². The second kappa shape index (κ2) is 10.3. The summed E-state index contributed by atoms with van der Waals surface area (Å²) in [4.78, 5) is 31.4. The third-order valence-electron chi connectivity index (χ3n) is 8.48. The van der Waals surface area contributed by atoms with Crippen molar-refractivity contribution in [3.8, 4) is 5.75 Å². The van der Waals surface area contributed by atoms with Crippen molar-refractivity contribution in [2.75, 3.05) is 11.9 Å². The van der Waals surface area contributed by atoms with Gasteiger partial charge in [-0.3, -0.25) is 9.59 Å². The molecule has 1 aliphatic carbocycles. The number of fused-ring (bicyclic) bond motifs is 1. The first-order valence-corrected chi connectivity index (χ1v) is 13.7. The SMILES string of the molecule is C=[N+]1N=C(C)C(c2ccc(NC(=O)C(CCC(=O)c3nonc3C)C3c4cc(F)c(F)cc4OCC34CC4)nc2)=C1C. The number of aromatic nitrogens is 3. The molecule has 0 bridgehead atoms. The molecule has 1 saturated carbocycles. The highest BCUT2D eigenvalue weighted by Crippen LogP contribution is 2.63. The maximum Gasteiger partial charge on any atom is 0.229 e. The maximum atomic E-state index is 14.5. The van der Waals surface area contributed by atoms with Crippen LogP contribution in [-0.4, -0.2) is 50.7 Å². The highest BCUT2D eigenvalue weighted by atomic mass is 19.2. The number of ketones is 1. The summed E-state index contributed by atoms with van der Waals surface area (Å²) in [7, 11) is 0. The number of allylic oxidation sites excluding steroid dienone is 2. The number of amides is 1. The molecule has 0 saturated heterocycles. The average molecular weight is 576 g/mol. The number of hydrogen-bond donors (Lipinski definition) is 1. The Bertz CT molecular complexity index is 1690. The van der Waals surface area contributed by atoms with Crippen LogP contribution in [0, 0.1) is 29.9 Å². The first kappa shape index (κ1) is 27.6. The van der Waals surface area contributed by atoms with Crippen molar-refractivity contribution in [2.45, 2.75) is 52.4 Å². The van der Waals surface area contributed by atoms with Gasteiger partial charge < -0.3 is 10.1 Å². The summed E-state index contributed by atoms with van der Waals surface area (Å²) in [5.74, 6) is -3.52. The molecular formula is C30H29F2N6O4+. The number of anilines is 1. The number of hydrazone groups is 1. The molecule has 6 rings (SSSR count). The molecule has 4 heterocycles. The van der Waals surface area contributed by atoms with Crippen LogP contribution in [0.15, 0.2) is 45.9 Å².